The highest BCUT2D eigenvalue weighted by molar-refractivity contribution is 7.98. The molecular formula is C14H16ClNS2. The van der Waals surface area contributed by atoms with Crippen LogP contribution in [0.2, 0.25) is 0 Å². The van der Waals surface area contributed by atoms with Gasteiger partial charge in [0.05, 0.1) is 0 Å². The normalized spacial score (nSPS) is 10.7. The van der Waals surface area contributed by atoms with Crippen LogP contribution in [0.3, 0.4) is 0 Å². The topological polar surface area (TPSA) is 12.9 Å². The number of nitrogens with zero attached hydrogens (tertiary/aromatic N) is 1. The summed E-state index contributed by atoms with van der Waals surface area (Å²) in [6.45, 7) is 0. The predicted octanol–water partition coefficient (Wildman–Crippen LogP) is 5.06. The maximum absolute atomic E-state index is 5.65. The number of unbranched alkanes of at least 4 members (excludes halogenated alkanes) is 1. The van der Waals surface area contributed by atoms with Crippen LogP contribution in [0.4, 0.5) is 0 Å². The van der Waals surface area contributed by atoms with Crippen molar-refractivity contribution >= 4 is 34.7 Å². The number of aromatic nitrogens is 1. The van der Waals surface area contributed by atoms with Crippen molar-refractivity contribution in [2.24, 2.45) is 0 Å². The molecule has 0 aliphatic rings. The highest BCUT2D eigenvalue weighted by Gasteiger charge is 2.04. The highest BCUT2D eigenvalue weighted by Crippen LogP contribution is 2.27. The van der Waals surface area contributed by atoms with Crippen LogP contribution in [0.5, 0.6) is 0 Å². The monoisotopic (exact) mass is 297 g/mol. The summed E-state index contributed by atoms with van der Waals surface area (Å²) in [4.78, 5) is 5.84. The molecule has 18 heavy (non-hydrogen) atoms. The largest absolute Gasteiger partial charge is 0.244 e. The van der Waals surface area contributed by atoms with Crippen molar-refractivity contribution in [1.29, 1.82) is 0 Å². The first-order valence-electron chi connectivity index (χ1n) is 6.04. The van der Waals surface area contributed by atoms with Crippen molar-refractivity contribution in [3.63, 3.8) is 0 Å². The summed E-state index contributed by atoms with van der Waals surface area (Å²) in [5.41, 5.74) is 1.21. The molecule has 0 bridgehead atoms. The summed E-state index contributed by atoms with van der Waals surface area (Å²) >= 11 is 9.41. The van der Waals surface area contributed by atoms with Gasteiger partial charge in [-0.05, 0) is 18.6 Å². The Morgan fingerprint density at radius 1 is 1.17 bits per heavy atom. The fourth-order valence-corrected chi connectivity index (χ4v) is 3.78. The third-order valence-electron chi connectivity index (χ3n) is 2.49. The van der Waals surface area contributed by atoms with Gasteiger partial charge in [0.1, 0.15) is 5.01 Å². The van der Waals surface area contributed by atoms with E-state index < -0.39 is 0 Å². The fraction of sp³-hybridized carbons (Fsp3) is 0.357. The Labute approximate surface area is 122 Å². The first-order chi connectivity index (χ1) is 8.90. The van der Waals surface area contributed by atoms with Gasteiger partial charge in [0.15, 0.2) is 0 Å². The summed E-state index contributed by atoms with van der Waals surface area (Å²) in [5, 5.41) is 1.12. The summed E-state index contributed by atoms with van der Waals surface area (Å²) in [6.07, 6.45) is 4.33. The average Bonchev–Trinajstić information content (AvgIpc) is 2.88. The summed E-state index contributed by atoms with van der Waals surface area (Å²) in [6, 6.07) is 10.4. The van der Waals surface area contributed by atoms with Crippen molar-refractivity contribution in [3.05, 3.63) is 41.4 Å². The van der Waals surface area contributed by atoms with Crippen molar-refractivity contribution in [1.82, 2.24) is 4.98 Å². The molecule has 0 radical (unpaired) electrons. The number of halogens is 1. The summed E-state index contributed by atoms with van der Waals surface area (Å²) < 4.78 is 0. The quantitative estimate of drug-likeness (QED) is 0.523. The van der Waals surface area contributed by atoms with Crippen LogP contribution in [0.25, 0.3) is 10.6 Å². The van der Waals surface area contributed by atoms with Crippen LogP contribution >= 0.6 is 34.7 Å². The number of thioether (sulfide) groups is 1. The highest BCUT2D eigenvalue weighted by atomic mass is 35.5. The lowest BCUT2D eigenvalue weighted by Gasteiger charge is -1.97. The standard InChI is InChI=1S/C14H16ClNS2/c15-8-4-5-9-17-11-13-10-16-14(18-13)12-6-2-1-3-7-12/h1-3,6-7,10H,4-5,8-9,11H2. The lowest BCUT2D eigenvalue weighted by molar-refractivity contribution is 0.903. The van der Waals surface area contributed by atoms with Gasteiger partial charge in [-0.3, -0.25) is 0 Å². The molecule has 1 aromatic carbocycles. The molecule has 0 saturated heterocycles. The van der Waals surface area contributed by atoms with Crippen molar-refractivity contribution in [2.45, 2.75) is 18.6 Å². The van der Waals surface area contributed by atoms with Crippen LogP contribution < -0.4 is 0 Å². The van der Waals surface area contributed by atoms with Gasteiger partial charge in [0.2, 0.25) is 0 Å². The van der Waals surface area contributed by atoms with Crippen LogP contribution in [-0.2, 0) is 5.75 Å². The molecule has 0 unspecified atom stereocenters. The number of alkyl halides is 1. The molecule has 0 fully saturated rings. The van der Waals surface area contributed by atoms with E-state index in [0.717, 1.165) is 23.1 Å². The number of rotatable bonds is 7. The Balaban J connectivity index is 1.83. The lowest BCUT2D eigenvalue weighted by Crippen LogP contribution is -1.82. The Morgan fingerprint density at radius 3 is 2.78 bits per heavy atom. The zero-order valence-corrected chi connectivity index (χ0v) is 12.5. The van der Waals surface area contributed by atoms with Gasteiger partial charge in [0, 0.05) is 28.3 Å². The maximum Gasteiger partial charge on any atom is 0.123 e. The van der Waals surface area contributed by atoms with Gasteiger partial charge in [-0.25, -0.2) is 4.98 Å². The van der Waals surface area contributed by atoms with Crippen molar-refractivity contribution in [2.75, 3.05) is 11.6 Å². The number of hydrogen-bond donors (Lipinski definition) is 0. The third kappa shape index (κ3) is 4.30. The minimum Gasteiger partial charge on any atom is -0.244 e. The van der Waals surface area contributed by atoms with Gasteiger partial charge in [-0.15, -0.1) is 22.9 Å². The molecule has 0 amide bonds. The van der Waals surface area contributed by atoms with Crippen LogP contribution in [0.15, 0.2) is 36.5 Å². The SMILES string of the molecule is ClCCCCSCc1cnc(-c2ccccc2)s1. The van der Waals surface area contributed by atoms with E-state index in [1.165, 1.54) is 22.6 Å². The van der Waals surface area contributed by atoms with E-state index in [2.05, 4.69) is 29.2 Å². The number of benzene rings is 1. The van der Waals surface area contributed by atoms with E-state index in [1.54, 1.807) is 11.3 Å². The maximum atomic E-state index is 5.65. The smallest absolute Gasteiger partial charge is 0.123 e. The second kappa shape index (κ2) is 7.82. The van der Waals surface area contributed by atoms with Crippen molar-refractivity contribution < 1.29 is 0 Å². The molecule has 0 saturated carbocycles. The summed E-state index contributed by atoms with van der Waals surface area (Å²) in [7, 11) is 0. The van der Waals surface area contributed by atoms with E-state index in [4.69, 9.17) is 11.6 Å². The summed E-state index contributed by atoms with van der Waals surface area (Å²) in [5.74, 6) is 3.03. The predicted molar refractivity (Wildman–Crippen MR) is 83.7 cm³/mol. The molecule has 1 aromatic heterocycles. The molecule has 96 valence electrons. The Hall–Kier alpha value is -0.510. The van der Waals surface area contributed by atoms with Crippen molar-refractivity contribution in [3.8, 4) is 10.6 Å². The number of thiazole rings is 1. The molecule has 0 spiro atoms. The minimum atomic E-state index is 0.777. The molecule has 1 nitrogen and oxygen atoms in total. The van der Waals surface area contributed by atoms with Crippen LogP contribution in [0.1, 0.15) is 17.7 Å². The van der Waals surface area contributed by atoms with E-state index in [-0.39, 0.29) is 0 Å². The lowest BCUT2D eigenvalue weighted by atomic mass is 10.2. The molecule has 0 aliphatic carbocycles. The van der Waals surface area contributed by atoms with E-state index >= 15 is 0 Å². The zero-order valence-electron chi connectivity index (χ0n) is 10.1. The second-order valence-corrected chi connectivity index (χ2v) is 6.54. The third-order valence-corrected chi connectivity index (χ3v) is 5.08. The van der Waals surface area contributed by atoms with Gasteiger partial charge < -0.3 is 0 Å². The van der Waals surface area contributed by atoms with Gasteiger partial charge in [0.25, 0.3) is 0 Å². The van der Waals surface area contributed by atoms with Crippen LogP contribution in [0, 0.1) is 0 Å². The zero-order chi connectivity index (χ0) is 12.6. The van der Waals surface area contributed by atoms with Gasteiger partial charge in [-0.2, -0.15) is 11.8 Å². The Kier molecular flexibility index (Phi) is 6.05. The first kappa shape index (κ1) is 13.9. The Morgan fingerprint density at radius 2 is 2.00 bits per heavy atom. The molecule has 2 rings (SSSR count). The average molecular weight is 298 g/mol. The van der Waals surface area contributed by atoms with Gasteiger partial charge in [-0.1, -0.05) is 30.3 Å². The molecule has 1 heterocycles. The molecular weight excluding hydrogens is 282 g/mol. The molecule has 4 heteroatoms. The second-order valence-electron chi connectivity index (χ2n) is 3.95. The van der Waals surface area contributed by atoms with E-state index in [1.807, 2.05) is 24.0 Å². The number of hydrogen-bond acceptors (Lipinski definition) is 3. The minimum absolute atomic E-state index is 0.777. The van der Waals surface area contributed by atoms with Gasteiger partial charge >= 0.3 is 0 Å². The molecule has 0 aliphatic heterocycles. The molecule has 2 aromatic rings. The van der Waals surface area contributed by atoms with Crippen LogP contribution in [-0.4, -0.2) is 16.6 Å². The molecule has 0 N–H and O–H groups in total. The molecule has 0 atom stereocenters. The fourth-order valence-electron chi connectivity index (χ4n) is 1.56. The van der Waals surface area contributed by atoms with E-state index in [0.29, 0.717) is 0 Å². The first-order valence-corrected chi connectivity index (χ1v) is 8.54. The Bertz CT molecular complexity index is 456. The van der Waals surface area contributed by atoms with E-state index in [9.17, 15) is 0 Å².